The molecule has 3 aromatic rings. The average Bonchev–Trinajstić information content (AvgIpc) is 2.74. The third-order valence-electron chi connectivity index (χ3n) is 4.05. The minimum atomic E-state index is -0.567. The molecule has 0 aliphatic carbocycles. The Bertz CT molecular complexity index is 1170. The van der Waals surface area contributed by atoms with Crippen molar-refractivity contribution in [3.05, 3.63) is 102 Å². The van der Waals surface area contributed by atoms with Gasteiger partial charge in [-0.1, -0.05) is 35.3 Å². The van der Waals surface area contributed by atoms with Crippen molar-refractivity contribution in [2.75, 3.05) is 0 Å². The van der Waals surface area contributed by atoms with Gasteiger partial charge < -0.3 is 4.74 Å². The predicted molar refractivity (Wildman–Crippen MR) is 123 cm³/mol. The first-order chi connectivity index (χ1) is 14.8. The molecule has 3 rings (SSSR count). The standard InChI is InChI=1S/C21H14BrCl2N3O4/c22-18-8-13(4-7-20(18)31-12-15-5-6-16(23)10-19(15)24)11-25-26-21(28)14-2-1-3-17(9-14)27(29)30/h1-11H,12H2,(H,26,28). The maximum absolute atomic E-state index is 12.1. The number of amides is 1. The Hall–Kier alpha value is -2.94. The summed E-state index contributed by atoms with van der Waals surface area (Å²) in [5.41, 5.74) is 3.80. The molecular weight excluding hydrogens is 509 g/mol. The van der Waals surface area contributed by atoms with Crippen molar-refractivity contribution in [2.45, 2.75) is 6.61 Å². The normalized spacial score (nSPS) is 10.8. The van der Waals surface area contributed by atoms with E-state index in [0.29, 0.717) is 25.8 Å². The summed E-state index contributed by atoms with van der Waals surface area (Å²) in [7, 11) is 0. The van der Waals surface area contributed by atoms with Gasteiger partial charge in [0, 0.05) is 33.3 Å². The van der Waals surface area contributed by atoms with Crippen LogP contribution in [-0.2, 0) is 6.61 Å². The highest BCUT2D eigenvalue weighted by molar-refractivity contribution is 9.10. The number of nitrogens with zero attached hydrogens (tertiary/aromatic N) is 2. The number of carbonyl (C=O) groups excluding carboxylic acids is 1. The molecule has 0 atom stereocenters. The van der Waals surface area contributed by atoms with Crippen LogP contribution in [0.4, 0.5) is 5.69 Å². The van der Waals surface area contributed by atoms with Crippen LogP contribution >= 0.6 is 39.1 Å². The van der Waals surface area contributed by atoms with Gasteiger partial charge in [-0.15, -0.1) is 0 Å². The largest absolute Gasteiger partial charge is 0.488 e. The van der Waals surface area contributed by atoms with Crippen LogP contribution in [-0.4, -0.2) is 17.0 Å². The molecule has 0 unspecified atom stereocenters. The van der Waals surface area contributed by atoms with Gasteiger partial charge in [0.1, 0.15) is 12.4 Å². The second-order valence-electron chi connectivity index (χ2n) is 6.22. The number of ether oxygens (including phenoxy) is 1. The van der Waals surface area contributed by atoms with Crippen molar-refractivity contribution in [3.8, 4) is 5.75 Å². The maximum Gasteiger partial charge on any atom is 0.271 e. The van der Waals surface area contributed by atoms with Crippen molar-refractivity contribution >= 4 is 56.9 Å². The zero-order valence-electron chi connectivity index (χ0n) is 15.7. The molecule has 0 aromatic heterocycles. The van der Waals surface area contributed by atoms with E-state index in [1.54, 1.807) is 36.4 Å². The van der Waals surface area contributed by atoms with Crippen molar-refractivity contribution in [3.63, 3.8) is 0 Å². The number of nitro groups is 1. The van der Waals surface area contributed by atoms with Crippen LogP contribution in [0.25, 0.3) is 0 Å². The van der Waals surface area contributed by atoms with Crippen molar-refractivity contribution in [2.24, 2.45) is 5.10 Å². The van der Waals surface area contributed by atoms with E-state index in [9.17, 15) is 14.9 Å². The fourth-order valence-electron chi connectivity index (χ4n) is 2.50. The Morgan fingerprint density at radius 3 is 2.68 bits per heavy atom. The lowest BCUT2D eigenvalue weighted by Crippen LogP contribution is -2.17. The Morgan fingerprint density at radius 2 is 1.97 bits per heavy atom. The second-order valence-corrected chi connectivity index (χ2v) is 7.92. The minimum absolute atomic E-state index is 0.136. The van der Waals surface area contributed by atoms with E-state index < -0.39 is 10.8 Å². The first-order valence-corrected chi connectivity index (χ1v) is 10.3. The number of carbonyl (C=O) groups is 1. The number of nitro benzene ring substituents is 1. The van der Waals surface area contributed by atoms with Gasteiger partial charge in [-0.2, -0.15) is 5.10 Å². The highest BCUT2D eigenvalue weighted by atomic mass is 79.9. The van der Waals surface area contributed by atoms with Gasteiger partial charge >= 0.3 is 0 Å². The van der Waals surface area contributed by atoms with Crippen molar-refractivity contribution in [1.82, 2.24) is 5.43 Å². The van der Waals surface area contributed by atoms with Crippen LogP contribution in [0, 0.1) is 10.1 Å². The van der Waals surface area contributed by atoms with Gasteiger partial charge in [-0.05, 0) is 57.9 Å². The first kappa shape index (κ1) is 22.7. The van der Waals surface area contributed by atoms with Crippen LogP contribution in [0.5, 0.6) is 5.75 Å². The monoisotopic (exact) mass is 521 g/mol. The number of benzene rings is 3. The number of hydrogen-bond acceptors (Lipinski definition) is 5. The molecule has 1 amide bonds. The topological polar surface area (TPSA) is 93.8 Å². The van der Waals surface area contributed by atoms with E-state index in [0.717, 1.165) is 5.56 Å². The third-order valence-corrected chi connectivity index (χ3v) is 5.26. The molecule has 0 radical (unpaired) electrons. The molecule has 158 valence electrons. The second kappa shape index (κ2) is 10.4. The van der Waals surface area contributed by atoms with E-state index in [1.807, 2.05) is 0 Å². The fraction of sp³-hybridized carbons (Fsp3) is 0.0476. The van der Waals surface area contributed by atoms with Gasteiger partial charge in [0.25, 0.3) is 11.6 Å². The molecule has 1 N–H and O–H groups in total. The lowest BCUT2D eigenvalue weighted by Gasteiger charge is -2.10. The molecule has 7 nitrogen and oxygen atoms in total. The fourth-order valence-corrected chi connectivity index (χ4v) is 3.47. The molecule has 0 saturated carbocycles. The number of hydrazone groups is 1. The van der Waals surface area contributed by atoms with Crippen LogP contribution in [0.15, 0.2) is 70.2 Å². The summed E-state index contributed by atoms with van der Waals surface area (Å²) < 4.78 is 6.47. The minimum Gasteiger partial charge on any atom is -0.488 e. The average molecular weight is 523 g/mol. The lowest BCUT2D eigenvalue weighted by molar-refractivity contribution is -0.384. The zero-order chi connectivity index (χ0) is 22.4. The van der Waals surface area contributed by atoms with Crippen LogP contribution < -0.4 is 10.2 Å². The van der Waals surface area contributed by atoms with Crippen LogP contribution in [0.1, 0.15) is 21.5 Å². The van der Waals surface area contributed by atoms with E-state index in [1.165, 1.54) is 30.5 Å². The molecule has 0 saturated heterocycles. The Balaban J connectivity index is 1.60. The highest BCUT2D eigenvalue weighted by Gasteiger charge is 2.11. The Labute approximate surface area is 195 Å². The summed E-state index contributed by atoms with van der Waals surface area (Å²) in [6.07, 6.45) is 1.44. The summed E-state index contributed by atoms with van der Waals surface area (Å²) >= 11 is 15.5. The van der Waals surface area contributed by atoms with Gasteiger partial charge in [0.15, 0.2) is 0 Å². The summed E-state index contributed by atoms with van der Waals surface area (Å²) in [5.74, 6) is 0.0441. The van der Waals surface area contributed by atoms with Crippen molar-refractivity contribution in [1.29, 1.82) is 0 Å². The molecule has 0 spiro atoms. The number of hydrogen-bond donors (Lipinski definition) is 1. The predicted octanol–water partition coefficient (Wildman–Crippen LogP) is 6.01. The molecule has 0 heterocycles. The number of nitrogens with one attached hydrogen (secondary N) is 1. The van der Waals surface area contributed by atoms with Gasteiger partial charge in [-0.25, -0.2) is 5.43 Å². The molecule has 0 aliphatic heterocycles. The van der Waals surface area contributed by atoms with Gasteiger partial charge in [-0.3, -0.25) is 14.9 Å². The Kier molecular flexibility index (Phi) is 7.62. The quantitative estimate of drug-likeness (QED) is 0.233. The molecule has 3 aromatic carbocycles. The SMILES string of the molecule is O=C(NN=Cc1ccc(OCc2ccc(Cl)cc2Cl)c(Br)c1)c1cccc([N+](=O)[O-])c1. The summed E-state index contributed by atoms with van der Waals surface area (Å²) in [4.78, 5) is 22.3. The third kappa shape index (κ3) is 6.27. The number of non-ortho nitro benzene ring substituents is 1. The lowest BCUT2D eigenvalue weighted by atomic mass is 10.2. The summed E-state index contributed by atoms with van der Waals surface area (Å²) in [5, 5.41) is 15.8. The zero-order valence-corrected chi connectivity index (χ0v) is 18.8. The maximum atomic E-state index is 12.1. The molecule has 31 heavy (non-hydrogen) atoms. The van der Waals surface area contributed by atoms with Gasteiger partial charge in [0.05, 0.1) is 15.6 Å². The molecule has 0 fully saturated rings. The summed E-state index contributed by atoms with van der Waals surface area (Å²) in [6, 6.07) is 15.8. The van der Waals surface area contributed by atoms with Crippen LogP contribution in [0.3, 0.4) is 0 Å². The highest BCUT2D eigenvalue weighted by Crippen LogP contribution is 2.28. The molecule has 10 heteroatoms. The Morgan fingerprint density at radius 1 is 1.16 bits per heavy atom. The van der Waals surface area contributed by atoms with E-state index >= 15 is 0 Å². The first-order valence-electron chi connectivity index (χ1n) is 8.77. The van der Waals surface area contributed by atoms with Crippen molar-refractivity contribution < 1.29 is 14.5 Å². The van der Waals surface area contributed by atoms with Crippen LogP contribution in [0.2, 0.25) is 10.0 Å². The molecule has 0 aliphatic rings. The number of rotatable bonds is 7. The van der Waals surface area contributed by atoms with E-state index in [-0.39, 0.29) is 17.9 Å². The molecule has 0 bridgehead atoms. The van der Waals surface area contributed by atoms with E-state index in [2.05, 4.69) is 26.5 Å². The van der Waals surface area contributed by atoms with Gasteiger partial charge in [0.2, 0.25) is 0 Å². The molecular formula is C21H14BrCl2N3O4. The smallest absolute Gasteiger partial charge is 0.271 e. The summed E-state index contributed by atoms with van der Waals surface area (Å²) in [6.45, 7) is 0.265. The van der Waals surface area contributed by atoms with E-state index in [4.69, 9.17) is 27.9 Å². The number of halogens is 3.